The number of nitrogen functional groups attached to an aromatic ring is 1. The zero-order valence-corrected chi connectivity index (χ0v) is 20.2. The molecule has 4 N–H and O–H groups in total. The minimum absolute atomic E-state index is 0.00217. The lowest BCUT2D eigenvalue weighted by Crippen LogP contribution is -2.30. The fraction of sp³-hybridized carbons (Fsp3) is 0.407. The molecular weight excluding hydrogens is 444 g/mol. The molecule has 2 amide bonds. The number of aromatic nitrogens is 1. The quantitative estimate of drug-likeness (QED) is 0.413. The van der Waals surface area contributed by atoms with Crippen molar-refractivity contribution in [2.75, 3.05) is 17.7 Å². The van der Waals surface area contributed by atoms with E-state index in [-0.39, 0.29) is 18.6 Å². The van der Waals surface area contributed by atoms with E-state index in [1.807, 2.05) is 56.3 Å². The molecule has 8 heteroatoms. The SMILES string of the molecule is CC(C)OC(=O)Nc1ccc(-c2c(N)c3ccc(OCC(=O)NC4CC4)cc3n2C2CCC2)cc1. The molecule has 0 saturated heterocycles. The van der Waals surface area contributed by atoms with Crippen LogP contribution in [-0.2, 0) is 9.53 Å². The van der Waals surface area contributed by atoms with Gasteiger partial charge in [-0.15, -0.1) is 0 Å². The third-order valence-corrected chi connectivity index (χ3v) is 6.51. The summed E-state index contributed by atoms with van der Waals surface area (Å²) in [6.45, 7) is 3.62. The predicted octanol–water partition coefficient (Wildman–Crippen LogP) is 5.23. The maximum atomic E-state index is 12.1. The Bertz CT molecular complexity index is 1240. The molecule has 0 bridgehead atoms. The molecule has 8 nitrogen and oxygen atoms in total. The molecule has 35 heavy (non-hydrogen) atoms. The number of fused-ring (bicyclic) bond motifs is 1. The molecular formula is C27H32N4O4. The van der Waals surface area contributed by atoms with Crippen LogP contribution >= 0.6 is 0 Å². The Morgan fingerprint density at radius 3 is 2.46 bits per heavy atom. The van der Waals surface area contributed by atoms with Crippen LogP contribution in [0, 0.1) is 0 Å². The van der Waals surface area contributed by atoms with Crippen LogP contribution < -0.4 is 21.1 Å². The van der Waals surface area contributed by atoms with Crippen LogP contribution in [0.3, 0.4) is 0 Å². The van der Waals surface area contributed by atoms with Crippen molar-refractivity contribution in [2.45, 2.75) is 64.1 Å². The van der Waals surface area contributed by atoms with Crippen molar-refractivity contribution < 1.29 is 19.1 Å². The second kappa shape index (κ2) is 9.52. The first-order valence-electron chi connectivity index (χ1n) is 12.3. The number of hydrogen-bond donors (Lipinski definition) is 3. The van der Waals surface area contributed by atoms with Crippen molar-refractivity contribution in [3.8, 4) is 17.0 Å². The Labute approximate surface area is 204 Å². The van der Waals surface area contributed by atoms with Crippen LogP contribution in [-0.4, -0.2) is 35.3 Å². The summed E-state index contributed by atoms with van der Waals surface area (Å²) < 4.78 is 13.3. The maximum absolute atomic E-state index is 12.1. The lowest BCUT2D eigenvalue weighted by molar-refractivity contribution is -0.123. The van der Waals surface area contributed by atoms with E-state index in [1.54, 1.807) is 0 Å². The van der Waals surface area contributed by atoms with Crippen molar-refractivity contribution in [1.29, 1.82) is 0 Å². The van der Waals surface area contributed by atoms with Crippen LogP contribution in [0.5, 0.6) is 5.75 Å². The van der Waals surface area contributed by atoms with E-state index >= 15 is 0 Å². The number of amides is 2. The second-order valence-corrected chi connectivity index (χ2v) is 9.68. The molecule has 2 saturated carbocycles. The maximum Gasteiger partial charge on any atom is 0.411 e. The minimum atomic E-state index is -0.478. The molecule has 0 atom stereocenters. The molecule has 2 aliphatic carbocycles. The fourth-order valence-electron chi connectivity index (χ4n) is 4.44. The highest BCUT2D eigenvalue weighted by Crippen LogP contribution is 2.44. The van der Waals surface area contributed by atoms with Gasteiger partial charge in [-0.1, -0.05) is 12.1 Å². The number of nitrogens with one attached hydrogen (secondary N) is 2. The zero-order valence-electron chi connectivity index (χ0n) is 20.2. The number of hydrogen-bond acceptors (Lipinski definition) is 5. The van der Waals surface area contributed by atoms with Crippen LogP contribution in [0.15, 0.2) is 42.5 Å². The largest absolute Gasteiger partial charge is 0.484 e. The van der Waals surface area contributed by atoms with Gasteiger partial charge in [0.1, 0.15) is 5.75 Å². The third-order valence-electron chi connectivity index (χ3n) is 6.51. The summed E-state index contributed by atoms with van der Waals surface area (Å²) >= 11 is 0. The van der Waals surface area contributed by atoms with E-state index in [0.717, 1.165) is 47.8 Å². The summed E-state index contributed by atoms with van der Waals surface area (Å²) in [5.74, 6) is 0.560. The summed E-state index contributed by atoms with van der Waals surface area (Å²) in [5, 5.41) is 6.66. The van der Waals surface area contributed by atoms with E-state index in [9.17, 15) is 9.59 Å². The van der Waals surface area contributed by atoms with Crippen LogP contribution in [0.2, 0.25) is 0 Å². The molecule has 2 aliphatic rings. The number of carbonyl (C=O) groups is 2. The Morgan fingerprint density at radius 1 is 1.09 bits per heavy atom. The molecule has 5 rings (SSSR count). The molecule has 0 unspecified atom stereocenters. The molecule has 0 spiro atoms. The molecule has 2 aromatic carbocycles. The molecule has 1 heterocycles. The fourth-order valence-corrected chi connectivity index (χ4v) is 4.44. The van der Waals surface area contributed by atoms with Crippen LogP contribution in [0.25, 0.3) is 22.2 Å². The van der Waals surface area contributed by atoms with E-state index < -0.39 is 6.09 Å². The molecule has 2 fully saturated rings. The van der Waals surface area contributed by atoms with Gasteiger partial charge in [0.25, 0.3) is 5.91 Å². The Balaban J connectivity index is 1.42. The number of ether oxygens (including phenoxy) is 2. The highest BCUT2D eigenvalue weighted by molar-refractivity contribution is 6.02. The van der Waals surface area contributed by atoms with Crippen molar-refractivity contribution >= 4 is 34.3 Å². The number of nitrogens with two attached hydrogens (primary N) is 1. The summed E-state index contributed by atoms with van der Waals surface area (Å²) in [7, 11) is 0. The summed E-state index contributed by atoms with van der Waals surface area (Å²) in [4.78, 5) is 24.0. The van der Waals surface area contributed by atoms with Gasteiger partial charge >= 0.3 is 6.09 Å². The summed E-state index contributed by atoms with van der Waals surface area (Å²) in [5.41, 5.74) is 11.0. The first-order chi connectivity index (χ1) is 16.9. The normalized spacial score (nSPS) is 15.6. The van der Waals surface area contributed by atoms with Crippen molar-refractivity contribution in [2.24, 2.45) is 0 Å². The predicted molar refractivity (Wildman–Crippen MR) is 137 cm³/mol. The number of benzene rings is 2. The van der Waals surface area contributed by atoms with E-state index in [0.29, 0.717) is 29.2 Å². The molecule has 0 aliphatic heterocycles. The minimum Gasteiger partial charge on any atom is -0.484 e. The third kappa shape index (κ3) is 5.06. The van der Waals surface area contributed by atoms with Crippen LogP contribution in [0.4, 0.5) is 16.2 Å². The monoisotopic (exact) mass is 476 g/mol. The smallest absolute Gasteiger partial charge is 0.411 e. The highest BCUT2D eigenvalue weighted by Gasteiger charge is 2.27. The first kappa shape index (κ1) is 23.1. The van der Waals surface area contributed by atoms with Gasteiger partial charge < -0.3 is 25.1 Å². The van der Waals surface area contributed by atoms with E-state index in [4.69, 9.17) is 15.2 Å². The number of nitrogens with zero attached hydrogens (tertiary/aromatic N) is 1. The highest BCUT2D eigenvalue weighted by atomic mass is 16.6. The zero-order chi connectivity index (χ0) is 24.5. The van der Waals surface area contributed by atoms with Gasteiger partial charge in [-0.2, -0.15) is 0 Å². The van der Waals surface area contributed by atoms with Crippen molar-refractivity contribution in [1.82, 2.24) is 9.88 Å². The van der Waals surface area contributed by atoms with Gasteiger partial charge in [0, 0.05) is 34.8 Å². The lowest BCUT2D eigenvalue weighted by Gasteiger charge is -2.30. The first-order valence-corrected chi connectivity index (χ1v) is 12.3. The van der Waals surface area contributed by atoms with Crippen molar-refractivity contribution in [3.63, 3.8) is 0 Å². The van der Waals surface area contributed by atoms with Gasteiger partial charge in [0.2, 0.25) is 0 Å². The standard InChI is InChI=1S/C27H32N4O4/c1-16(2)35-27(33)30-19-8-6-17(7-9-19)26-25(28)22-13-12-21(34-15-24(32)29-18-10-11-18)14-23(22)31(26)20-4-3-5-20/h6-9,12-14,16,18,20H,3-5,10-11,15,28H2,1-2H3,(H,29,32)(H,30,33). The average molecular weight is 477 g/mol. The van der Waals surface area contributed by atoms with E-state index in [2.05, 4.69) is 15.2 Å². The molecule has 1 aromatic heterocycles. The summed E-state index contributed by atoms with van der Waals surface area (Å²) in [6, 6.07) is 14.1. The molecule has 0 radical (unpaired) electrons. The lowest BCUT2D eigenvalue weighted by atomic mass is 9.92. The average Bonchev–Trinajstić information content (AvgIpc) is 3.55. The van der Waals surface area contributed by atoms with Crippen LogP contribution in [0.1, 0.15) is 52.0 Å². The number of anilines is 2. The summed E-state index contributed by atoms with van der Waals surface area (Å²) in [6.07, 6.45) is 4.80. The molecule has 3 aromatic rings. The van der Waals surface area contributed by atoms with Gasteiger partial charge in [0.05, 0.1) is 23.0 Å². The number of carbonyl (C=O) groups excluding carboxylic acids is 2. The van der Waals surface area contributed by atoms with Gasteiger partial charge in [-0.3, -0.25) is 10.1 Å². The Kier molecular flexibility index (Phi) is 6.28. The second-order valence-electron chi connectivity index (χ2n) is 9.68. The number of rotatable bonds is 8. The van der Waals surface area contributed by atoms with Gasteiger partial charge in [0.15, 0.2) is 6.61 Å². The Morgan fingerprint density at radius 2 is 1.83 bits per heavy atom. The topological polar surface area (TPSA) is 108 Å². The van der Waals surface area contributed by atoms with Gasteiger partial charge in [-0.25, -0.2) is 4.79 Å². The van der Waals surface area contributed by atoms with Gasteiger partial charge in [-0.05, 0) is 70.2 Å². The Hall–Kier alpha value is -3.68. The van der Waals surface area contributed by atoms with Crippen molar-refractivity contribution in [3.05, 3.63) is 42.5 Å². The van der Waals surface area contributed by atoms with E-state index in [1.165, 1.54) is 6.42 Å². The molecule has 184 valence electrons.